The van der Waals surface area contributed by atoms with E-state index in [0.717, 1.165) is 31.0 Å². The van der Waals surface area contributed by atoms with E-state index in [2.05, 4.69) is 10.6 Å². The van der Waals surface area contributed by atoms with Crippen molar-refractivity contribution in [2.45, 2.75) is 43.7 Å². The first-order chi connectivity index (χ1) is 11.9. The summed E-state index contributed by atoms with van der Waals surface area (Å²) < 4.78 is 0. The summed E-state index contributed by atoms with van der Waals surface area (Å²) in [6, 6.07) is 0.273. The first kappa shape index (κ1) is 17.3. The third kappa shape index (κ3) is 2.61. The third-order valence-corrected chi connectivity index (χ3v) is 7.62. The highest BCUT2D eigenvalue weighted by Crippen LogP contribution is 2.51. The van der Waals surface area contributed by atoms with Crippen molar-refractivity contribution in [3.63, 3.8) is 0 Å². The smallest absolute Gasteiger partial charge is 0.353 e. The number of carboxylic acids is 1. The van der Waals surface area contributed by atoms with E-state index in [1.807, 2.05) is 6.92 Å². The maximum atomic E-state index is 12.4. The second kappa shape index (κ2) is 6.26. The maximum absolute atomic E-state index is 12.4. The van der Waals surface area contributed by atoms with E-state index in [1.165, 1.54) is 4.90 Å². The average molecular weight is 367 g/mol. The van der Waals surface area contributed by atoms with Gasteiger partial charge in [-0.15, -0.1) is 11.8 Å². The zero-order chi connectivity index (χ0) is 17.9. The molecule has 3 saturated heterocycles. The lowest BCUT2D eigenvalue weighted by Crippen LogP contribution is -2.63. The van der Waals surface area contributed by atoms with Gasteiger partial charge in [0.1, 0.15) is 5.70 Å². The maximum Gasteiger partial charge on any atom is 0.353 e. The Morgan fingerprint density at radius 1 is 1.36 bits per heavy atom. The van der Waals surface area contributed by atoms with Crippen molar-refractivity contribution in [2.75, 3.05) is 19.6 Å². The van der Waals surface area contributed by atoms with Gasteiger partial charge in [0.25, 0.3) is 0 Å². The summed E-state index contributed by atoms with van der Waals surface area (Å²) in [4.78, 5) is 26.4. The summed E-state index contributed by atoms with van der Waals surface area (Å²) in [5, 5.41) is 26.8. The molecule has 0 spiro atoms. The van der Waals surface area contributed by atoms with Crippen LogP contribution >= 0.6 is 11.8 Å². The number of nitrogens with zero attached hydrogens (tertiary/aromatic N) is 1. The molecule has 4 rings (SSSR count). The van der Waals surface area contributed by atoms with Crippen molar-refractivity contribution < 1.29 is 19.8 Å². The number of thioether (sulfide) groups is 1. The summed E-state index contributed by atoms with van der Waals surface area (Å²) in [6.45, 7) is 6.56. The molecule has 7 nitrogen and oxygen atoms in total. The summed E-state index contributed by atoms with van der Waals surface area (Å²) in [7, 11) is 0. The van der Waals surface area contributed by atoms with E-state index in [4.69, 9.17) is 0 Å². The molecule has 1 amide bonds. The molecule has 0 saturated carbocycles. The van der Waals surface area contributed by atoms with E-state index >= 15 is 0 Å². The normalized spacial score (nSPS) is 39.2. The Morgan fingerprint density at radius 3 is 2.64 bits per heavy atom. The van der Waals surface area contributed by atoms with Crippen LogP contribution in [-0.2, 0) is 9.59 Å². The first-order valence-corrected chi connectivity index (χ1v) is 9.87. The fraction of sp³-hybridized carbons (Fsp3) is 0.765. The predicted molar refractivity (Wildman–Crippen MR) is 93.8 cm³/mol. The van der Waals surface area contributed by atoms with E-state index in [0.29, 0.717) is 17.2 Å². The van der Waals surface area contributed by atoms with E-state index in [9.17, 15) is 19.8 Å². The van der Waals surface area contributed by atoms with Gasteiger partial charge in [0.2, 0.25) is 5.91 Å². The van der Waals surface area contributed by atoms with Crippen LogP contribution in [0.5, 0.6) is 0 Å². The highest BCUT2D eigenvalue weighted by molar-refractivity contribution is 8.03. The summed E-state index contributed by atoms with van der Waals surface area (Å²) >= 11 is 1.62. The number of fused-ring (bicyclic) bond motifs is 1. The van der Waals surface area contributed by atoms with Gasteiger partial charge < -0.3 is 25.7 Å². The fourth-order valence-corrected chi connectivity index (χ4v) is 6.13. The van der Waals surface area contributed by atoms with Crippen molar-refractivity contribution in [1.82, 2.24) is 15.5 Å². The highest BCUT2D eigenvalue weighted by Gasteiger charge is 2.60. The summed E-state index contributed by atoms with van der Waals surface area (Å²) in [6.07, 6.45) is 0.276. The molecular formula is C17H25N3O4S. The number of rotatable bonds is 5. The molecule has 3 fully saturated rings. The van der Waals surface area contributed by atoms with Crippen LogP contribution in [0.2, 0.25) is 0 Å². The third-order valence-electron chi connectivity index (χ3n) is 6.11. The Labute approximate surface area is 151 Å². The second-order valence-corrected chi connectivity index (χ2v) is 9.02. The molecule has 4 aliphatic heterocycles. The number of hydrogen-bond donors (Lipinski definition) is 4. The molecule has 0 aliphatic carbocycles. The largest absolute Gasteiger partial charge is 0.477 e. The lowest BCUT2D eigenvalue weighted by molar-refractivity contribution is -0.163. The number of carbonyl (C=O) groups is 2. The average Bonchev–Trinajstić information content (AvgIpc) is 3.01. The van der Waals surface area contributed by atoms with Crippen LogP contribution in [0.25, 0.3) is 0 Å². The Kier molecular flexibility index (Phi) is 4.34. The summed E-state index contributed by atoms with van der Waals surface area (Å²) in [5.41, 5.74) is 0.137. The van der Waals surface area contributed by atoms with Crippen LogP contribution in [0.3, 0.4) is 0 Å². The van der Waals surface area contributed by atoms with Crippen molar-refractivity contribution in [3.8, 4) is 0 Å². The number of amides is 1. The number of aliphatic carboxylic acids is 1. The number of hydrogen-bond acceptors (Lipinski definition) is 6. The van der Waals surface area contributed by atoms with Crippen molar-refractivity contribution in [1.29, 1.82) is 0 Å². The molecule has 25 heavy (non-hydrogen) atoms. The molecule has 8 heteroatoms. The topological polar surface area (TPSA) is 102 Å². The SMILES string of the molecule is C[C@@H](O)[C@H]1C(=O)N2C(C(=O)O)=C(S[C@@H]3CN[C@H](C4CNC4)C3)[C@H](C)[C@H]12. The number of β-lactam (4-membered cyclic amide) rings is 1. The zero-order valence-corrected chi connectivity index (χ0v) is 15.3. The molecule has 4 aliphatic rings. The summed E-state index contributed by atoms with van der Waals surface area (Å²) in [5.74, 6) is -1.17. The Bertz CT molecular complexity index is 633. The van der Waals surface area contributed by atoms with Gasteiger partial charge in [-0.1, -0.05) is 6.92 Å². The molecular weight excluding hydrogens is 342 g/mol. The molecule has 0 radical (unpaired) electrons. The fourth-order valence-electron chi connectivity index (χ4n) is 4.64. The molecule has 4 N–H and O–H groups in total. The van der Waals surface area contributed by atoms with Crippen molar-refractivity contribution in [2.24, 2.45) is 17.8 Å². The second-order valence-electron chi connectivity index (χ2n) is 7.68. The first-order valence-electron chi connectivity index (χ1n) is 8.99. The lowest BCUT2D eigenvalue weighted by Gasteiger charge is -2.46. The molecule has 0 bridgehead atoms. The van der Waals surface area contributed by atoms with E-state index in [-0.39, 0.29) is 23.6 Å². The van der Waals surface area contributed by atoms with Crippen molar-refractivity contribution >= 4 is 23.6 Å². The highest BCUT2D eigenvalue weighted by atomic mass is 32.2. The molecule has 4 heterocycles. The number of carbonyl (C=O) groups excluding carboxylic acids is 1. The van der Waals surface area contributed by atoms with Gasteiger partial charge in [0.05, 0.1) is 18.1 Å². The quantitative estimate of drug-likeness (QED) is 0.500. The van der Waals surface area contributed by atoms with Gasteiger partial charge >= 0.3 is 5.97 Å². The van der Waals surface area contributed by atoms with Gasteiger partial charge in [-0.3, -0.25) is 4.79 Å². The number of aliphatic hydroxyl groups excluding tert-OH is 1. The van der Waals surface area contributed by atoms with Gasteiger partial charge in [0.15, 0.2) is 0 Å². The Balaban J connectivity index is 1.52. The molecule has 0 aromatic heterocycles. The van der Waals surface area contributed by atoms with Crippen LogP contribution in [0.4, 0.5) is 0 Å². The molecule has 0 aromatic rings. The van der Waals surface area contributed by atoms with Gasteiger partial charge in [0, 0.05) is 41.7 Å². The van der Waals surface area contributed by atoms with Gasteiger partial charge in [-0.2, -0.15) is 0 Å². The van der Waals surface area contributed by atoms with Crippen LogP contribution in [0, 0.1) is 17.8 Å². The van der Waals surface area contributed by atoms with Gasteiger partial charge in [-0.25, -0.2) is 4.79 Å². The minimum absolute atomic E-state index is 0.0437. The minimum Gasteiger partial charge on any atom is -0.477 e. The van der Waals surface area contributed by atoms with E-state index in [1.54, 1.807) is 18.7 Å². The number of aliphatic hydroxyl groups is 1. The number of nitrogens with one attached hydrogen (secondary N) is 2. The minimum atomic E-state index is -1.04. The number of carboxylic acid groups (broad SMARTS) is 1. The lowest BCUT2D eigenvalue weighted by atomic mass is 9.79. The van der Waals surface area contributed by atoms with Gasteiger partial charge in [-0.05, 0) is 19.3 Å². The van der Waals surface area contributed by atoms with Crippen LogP contribution in [-0.4, -0.2) is 70.1 Å². The molecule has 0 aromatic carbocycles. The monoisotopic (exact) mass is 367 g/mol. The van der Waals surface area contributed by atoms with Crippen molar-refractivity contribution in [3.05, 3.63) is 10.6 Å². The standard InChI is InChI=1S/C17H25N3O4S/c1-7-13-12(8(2)21)16(22)20(13)14(17(23)24)15(7)25-10-3-11(19-6-10)9-4-18-5-9/h7-13,18-19,21H,3-6H2,1-2H3,(H,23,24)/t7-,8-,10+,11+,12-,13-/m1/s1. The Morgan fingerprint density at radius 2 is 2.08 bits per heavy atom. The van der Waals surface area contributed by atoms with E-state index < -0.39 is 18.0 Å². The van der Waals surface area contributed by atoms with Crippen LogP contribution in [0.15, 0.2) is 10.6 Å². The Hall–Kier alpha value is -1.09. The van der Waals surface area contributed by atoms with Crippen LogP contribution in [0.1, 0.15) is 20.3 Å². The molecule has 138 valence electrons. The molecule has 6 atom stereocenters. The zero-order valence-electron chi connectivity index (χ0n) is 14.4. The predicted octanol–water partition coefficient (Wildman–Crippen LogP) is -0.177. The van der Waals surface area contributed by atoms with Crippen LogP contribution < -0.4 is 10.6 Å². The molecule has 0 unspecified atom stereocenters.